The third-order valence-electron chi connectivity index (χ3n) is 5.22. The normalized spacial score (nSPS) is 12.9. The highest BCUT2D eigenvalue weighted by atomic mass is 16.5. The van der Waals surface area contributed by atoms with E-state index in [0.717, 1.165) is 35.2 Å². The van der Waals surface area contributed by atoms with Crippen LogP contribution in [0.2, 0.25) is 0 Å². The van der Waals surface area contributed by atoms with Crippen molar-refractivity contribution in [1.29, 1.82) is 0 Å². The molecular formula is C23H22N2O5. The van der Waals surface area contributed by atoms with Gasteiger partial charge in [-0.15, -0.1) is 0 Å². The summed E-state index contributed by atoms with van der Waals surface area (Å²) in [6.45, 7) is 0.559. The highest BCUT2D eigenvalue weighted by Gasteiger charge is 2.26. The van der Waals surface area contributed by atoms with Crippen molar-refractivity contribution in [1.82, 2.24) is 4.98 Å². The lowest BCUT2D eigenvalue weighted by molar-refractivity contribution is 0.0982. The highest BCUT2D eigenvalue weighted by molar-refractivity contribution is 6.08. The molecule has 0 atom stereocenters. The van der Waals surface area contributed by atoms with Gasteiger partial charge in [-0.2, -0.15) is 0 Å². The number of hydrogen-bond acceptors (Lipinski definition) is 6. The molecule has 4 rings (SSSR count). The number of fused-ring (bicyclic) bond motifs is 1. The molecule has 1 aliphatic rings. The molecule has 0 radical (unpaired) electrons. The van der Waals surface area contributed by atoms with Crippen molar-refractivity contribution >= 4 is 11.6 Å². The lowest BCUT2D eigenvalue weighted by atomic mass is 9.96. The second-order valence-electron chi connectivity index (χ2n) is 7.04. The summed E-state index contributed by atoms with van der Waals surface area (Å²) < 4.78 is 10.5. The van der Waals surface area contributed by atoms with Crippen molar-refractivity contribution in [3.8, 4) is 34.3 Å². The molecule has 3 aromatic rings. The minimum atomic E-state index is -0.297. The van der Waals surface area contributed by atoms with Gasteiger partial charge in [0.15, 0.2) is 5.75 Å². The Hall–Kier alpha value is -3.74. The van der Waals surface area contributed by atoms with Gasteiger partial charge in [0.1, 0.15) is 11.5 Å². The van der Waals surface area contributed by atoms with Crippen LogP contribution in [-0.4, -0.2) is 41.9 Å². The first-order valence-electron chi connectivity index (χ1n) is 9.57. The van der Waals surface area contributed by atoms with Crippen LogP contribution >= 0.6 is 0 Å². The molecule has 30 heavy (non-hydrogen) atoms. The van der Waals surface area contributed by atoms with Crippen LogP contribution in [0.1, 0.15) is 22.3 Å². The van der Waals surface area contributed by atoms with Crippen LogP contribution in [0.15, 0.2) is 48.7 Å². The van der Waals surface area contributed by atoms with Crippen LogP contribution in [0, 0.1) is 0 Å². The minimum Gasteiger partial charge on any atom is -0.508 e. The summed E-state index contributed by atoms with van der Waals surface area (Å²) in [5.74, 6) is 0.349. The molecule has 0 fully saturated rings. The Bertz CT molecular complexity index is 1110. The van der Waals surface area contributed by atoms with Gasteiger partial charge in [-0.05, 0) is 54.3 Å². The van der Waals surface area contributed by atoms with E-state index in [1.165, 1.54) is 18.2 Å². The van der Waals surface area contributed by atoms with E-state index in [4.69, 9.17) is 9.47 Å². The van der Waals surface area contributed by atoms with E-state index >= 15 is 0 Å². The molecule has 2 heterocycles. The maximum atomic E-state index is 13.0. The number of phenols is 2. The van der Waals surface area contributed by atoms with Crippen LogP contribution in [0.4, 0.5) is 5.69 Å². The number of amides is 1. The first kappa shape index (κ1) is 19.6. The highest BCUT2D eigenvalue weighted by Crippen LogP contribution is 2.36. The molecule has 7 heteroatoms. The first-order valence-corrected chi connectivity index (χ1v) is 9.57. The molecular weight excluding hydrogens is 384 g/mol. The molecule has 1 aliphatic heterocycles. The van der Waals surface area contributed by atoms with Crippen molar-refractivity contribution in [2.45, 2.75) is 12.8 Å². The van der Waals surface area contributed by atoms with E-state index in [9.17, 15) is 15.0 Å². The summed E-state index contributed by atoms with van der Waals surface area (Å²) in [7, 11) is 3.11. The van der Waals surface area contributed by atoms with Gasteiger partial charge in [0.25, 0.3) is 11.8 Å². The van der Waals surface area contributed by atoms with E-state index in [2.05, 4.69) is 4.98 Å². The van der Waals surface area contributed by atoms with E-state index in [0.29, 0.717) is 18.2 Å². The lowest BCUT2D eigenvalue weighted by Gasteiger charge is -2.30. The number of rotatable bonds is 4. The Labute approximate surface area is 174 Å². The van der Waals surface area contributed by atoms with Crippen molar-refractivity contribution in [2.24, 2.45) is 0 Å². The first-order chi connectivity index (χ1) is 14.5. The van der Waals surface area contributed by atoms with E-state index in [-0.39, 0.29) is 23.0 Å². The topological polar surface area (TPSA) is 92.1 Å². The second-order valence-corrected chi connectivity index (χ2v) is 7.04. The van der Waals surface area contributed by atoms with Crippen LogP contribution in [0.5, 0.6) is 23.1 Å². The maximum absolute atomic E-state index is 13.0. The number of benzene rings is 2. The molecule has 0 unspecified atom stereocenters. The molecule has 2 N–H and O–H groups in total. The summed E-state index contributed by atoms with van der Waals surface area (Å²) in [4.78, 5) is 19.0. The zero-order valence-electron chi connectivity index (χ0n) is 16.8. The number of aryl methyl sites for hydroxylation is 1. The number of nitrogens with zero attached hydrogens (tertiary/aromatic N) is 2. The van der Waals surface area contributed by atoms with Gasteiger partial charge in [0.2, 0.25) is 0 Å². The van der Waals surface area contributed by atoms with Crippen LogP contribution in [-0.2, 0) is 6.42 Å². The molecule has 0 saturated heterocycles. The average molecular weight is 406 g/mol. The number of phenolic OH excluding ortho intramolecular Hbond substituents is 2. The Balaban J connectivity index is 1.68. The van der Waals surface area contributed by atoms with Gasteiger partial charge >= 0.3 is 0 Å². The number of aromatic hydroxyl groups is 2. The molecule has 0 spiro atoms. The summed E-state index contributed by atoms with van der Waals surface area (Å²) >= 11 is 0. The predicted molar refractivity (Wildman–Crippen MR) is 113 cm³/mol. The number of carbonyl (C=O) groups is 1. The van der Waals surface area contributed by atoms with Crippen molar-refractivity contribution in [2.75, 3.05) is 25.7 Å². The number of pyridine rings is 1. The summed E-state index contributed by atoms with van der Waals surface area (Å²) in [5.41, 5.74) is 3.86. The molecule has 7 nitrogen and oxygen atoms in total. The van der Waals surface area contributed by atoms with Crippen molar-refractivity contribution < 1.29 is 24.5 Å². The third kappa shape index (κ3) is 3.50. The quantitative estimate of drug-likeness (QED) is 0.685. The van der Waals surface area contributed by atoms with Crippen molar-refractivity contribution in [3.05, 3.63) is 59.8 Å². The van der Waals surface area contributed by atoms with Crippen LogP contribution in [0.3, 0.4) is 0 Å². The molecule has 1 aromatic heterocycles. The van der Waals surface area contributed by atoms with Crippen LogP contribution in [0.25, 0.3) is 11.1 Å². The van der Waals surface area contributed by atoms with Gasteiger partial charge in [-0.1, -0.05) is 6.07 Å². The van der Waals surface area contributed by atoms with Gasteiger partial charge in [0.05, 0.1) is 19.8 Å². The molecule has 0 saturated carbocycles. The zero-order chi connectivity index (χ0) is 21.3. The number of anilines is 1. The maximum Gasteiger partial charge on any atom is 0.262 e. The van der Waals surface area contributed by atoms with Crippen LogP contribution < -0.4 is 14.4 Å². The fourth-order valence-electron chi connectivity index (χ4n) is 3.72. The SMILES string of the molecule is COc1cc(-c2ccc3c(c2)CCCN3C(=O)c2ccc(O)cc2O)cnc1OC. The predicted octanol–water partition coefficient (Wildman–Crippen LogP) is 3.77. The number of hydrogen-bond donors (Lipinski definition) is 2. The summed E-state index contributed by atoms with van der Waals surface area (Å²) in [6, 6.07) is 11.8. The Kier molecular flexibility index (Phi) is 5.18. The fourth-order valence-corrected chi connectivity index (χ4v) is 3.72. The number of aromatic nitrogens is 1. The van der Waals surface area contributed by atoms with E-state index < -0.39 is 0 Å². The number of ether oxygens (including phenoxy) is 2. The van der Waals surface area contributed by atoms with Gasteiger partial charge < -0.3 is 24.6 Å². The Morgan fingerprint density at radius 3 is 2.60 bits per heavy atom. The molecule has 154 valence electrons. The Morgan fingerprint density at radius 2 is 1.87 bits per heavy atom. The summed E-state index contributed by atoms with van der Waals surface area (Å²) in [5, 5.41) is 19.6. The average Bonchev–Trinajstić information content (AvgIpc) is 2.77. The summed E-state index contributed by atoms with van der Waals surface area (Å²) in [6.07, 6.45) is 3.38. The van der Waals surface area contributed by atoms with Crippen molar-refractivity contribution in [3.63, 3.8) is 0 Å². The van der Waals surface area contributed by atoms with Gasteiger partial charge in [-0.25, -0.2) is 4.98 Å². The third-order valence-corrected chi connectivity index (χ3v) is 5.22. The van der Waals surface area contributed by atoms with E-state index in [1.807, 2.05) is 24.3 Å². The smallest absolute Gasteiger partial charge is 0.262 e. The Morgan fingerprint density at radius 1 is 1.03 bits per heavy atom. The minimum absolute atomic E-state index is 0.0868. The standard InChI is InChI=1S/C23H22N2O5/c1-29-21-11-16(13-24-22(21)30-2)14-5-8-19-15(10-14)4-3-9-25(19)23(28)18-7-6-17(26)12-20(18)27/h5-8,10-13,26-27H,3-4,9H2,1-2H3. The second kappa shape index (κ2) is 7.94. The largest absolute Gasteiger partial charge is 0.508 e. The monoisotopic (exact) mass is 406 g/mol. The molecule has 0 bridgehead atoms. The molecule has 0 aliphatic carbocycles. The lowest BCUT2D eigenvalue weighted by Crippen LogP contribution is -2.35. The molecule has 2 aromatic carbocycles. The number of methoxy groups -OCH3 is 2. The van der Waals surface area contributed by atoms with Gasteiger partial charge in [0, 0.05) is 30.1 Å². The van der Waals surface area contributed by atoms with Gasteiger partial charge in [-0.3, -0.25) is 4.79 Å². The molecule has 1 amide bonds. The zero-order valence-corrected chi connectivity index (χ0v) is 16.8. The number of carbonyl (C=O) groups excluding carboxylic acids is 1. The fraction of sp³-hybridized carbons (Fsp3) is 0.217. The van der Waals surface area contributed by atoms with E-state index in [1.54, 1.807) is 25.3 Å².